The fourth-order valence-electron chi connectivity index (χ4n) is 2.38. The Labute approximate surface area is 113 Å². The van der Waals surface area contributed by atoms with E-state index in [0.29, 0.717) is 17.2 Å². The van der Waals surface area contributed by atoms with Gasteiger partial charge in [0.1, 0.15) is 5.75 Å². The number of nitrogens with one attached hydrogen (secondary N) is 1. The van der Waals surface area contributed by atoms with E-state index >= 15 is 0 Å². The van der Waals surface area contributed by atoms with E-state index < -0.39 is 0 Å². The Balaban J connectivity index is 1.78. The number of hydrogen-bond acceptors (Lipinski definition) is 3. The van der Waals surface area contributed by atoms with Gasteiger partial charge in [0.25, 0.3) is 5.91 Å². The highest BCUT2D eigenvalue weighted by molar-refractivity contribution is 5.77. The molecule has 1 saturated carbocycles. The molecule has 0 spiro atoms. The highest BCUT2D eigenvalue weighted by Crippen LogP contribution is 2.24. The van der Waals surface area contributed by atoms with Gasteiger partial charge in [0.2, 0.25) is 0 Å². The van der Waals surface area contributed by atoms with Crippen LogP contribution in [0.5, 0.6) is 5.75 Å². The average molecular weight is 258 g/mol. The second-order valence-corrected chi connectivity index (χ2v) is 5.01. The van der Waals surface area contributed by atoms with Crippen molar-refractivity contribution in [2.24, 2.45) is 5.92 Å². The van der Waals surface area contributed by atoms with Crippen LogP contribution in [0.25, 0.3) is 0 Å². The smallest absolute Gasteiger partial charge is 0.258 e. The van der Waals surface area contributed by atoms with Crippen LogP contribution in [0.1, 0.15) is 31.7 Å². The Hall–Kier alpha value is -2.02. The molecule has 1 N–H and O–H groups in total. The van der Waals surface area contributed by atoms with Gasteiger partial charge in [0.05, 0.1) is 11.6 Å². The van der Waals surface area contributed by atoms with E-state index in [0.717, 1.165) is 6.42 Å². The topological polar surface area (TPSA) is 62.1 Å². The van der Waals surface area contributed by atoms with Crippen molar-refractivity contribution in [1.29, 1.82) is 5.26 Å². The molecule has 0 saturated heterocycles. The van der Waals surface area contributed by atoms with Gasteiger partial charge in [-0.1, -0.05) is 13.3 Å². The summed E-state index contributed by atoms with van der Waals surface area (Å²) in [5.74, 6) is 1.08. The fraction of sp³-hybridized carbons (Fsp3) is 0.467. The first-order valence-electron chi connectivity index (χ1n) is 6.61. The summed E-state index contributed by atoms with van der Waals surface area (Å²) in [6.07, 6.45) is 3.42. The number of benzene rings is 1. The molecule has 0 aliphatic heterocycles. The molecule has 2 atom stereocenters. The Morgan fingerprint density at radius 3 is 2.74 bits per heavy atom. The lowest BCUT2D eigenvalue weighted by atomic mass is 10.1. The van der Waals surface area contributed by atoms with Crippen molar-refractivity contribution in [3.05, 3.63) is 29.8 Å². The first kappa shape index (κ1) is 13.4. The lowest BCUT2D eigenvalue weighted by Gasteiger charge is -2.17. The Kier molecular flexibility index (Phi) is 4.40. The zero-order chi connectivity index (χ0) is 13.7. The summed E-state index contributed by atoms with van der Waals surface area (Å²) in [7, 11) is 0. The summed E-state index contributed by atoms with van der Waals surface area (Å²) in [5, 5.41) is 11.7. The molecule has 1 aromatic rings. The first-order valence-corrected chi connectivity index (χ1v) is 6.61. The highest BCUT2D eigenvalue weighted by Gasteiger charge is 2.24. The summed E-state index contributed by atoms with van der Waals surface area (Å²) < 4.78 is 5.39. The minimum Gasteiger partial charge on any atom is -0.484 e. The minimum absolute atomic E-state index is 0.0229. The first-order chi connectivity index (χ1) is 9.19. The number of amides is 1. The molecule has 4 heteroatoms. The Morgan fingerprint density at radius 1 is 1.42 bits per heavy atom. The van der Waals surface area contributed by atoms with E-state index in [1.54, 1.807) is 24.3 Å². The van der Waals surface area contributed by atoms with Crippen molar-refractivity contribution in [2.75, 3.05) is 6.61 Å². The number of nitriles is 1. The standard InChI is InChI=1S/C15H18N2O2/c1-11-3-2-4-14(11)17-15(18)10-19-13-7-5-12(9-16)6-8-13/h5-8,11,14H,2-4,10H2,1H3,(H,17,18). The summed E-state index contributed by atoms with van der Waals surface area (Å²) in [6, 6.07) is 9.07. The number of rotatable bonds is 4. The summed E-state index contributed by atoms with van der Waals surface area (Å²) in [5.41, 5.74) is 0.580. The molecule has 2 unspecified atom stereocenters. The van der Waals surface area contributed by atoms with E-state index in [-0.39, 0.29) is 18.6 Å². The van der Waals surface area contributed by atoms with Crippen LogP contribution >= 0.6 is 0 Å². The largest absolute Gasteiger partial charge is 0.484 e. The summed E-state index contributed by atoms with van der Waals surface area (Å²) in [4.78, 5) is 11.8. The molecule has 1 aromatic carbocycles. The van der Waals surface area contributed by atoms with E-state index in [1.807, 2.05) is 6.07 Å². The number of carbonyl (C=O) groups is 1. The molecule has 1 fully saturated rings. The third-order valence-corrected chi connectivity index (χ3v) is 3.56. The number of hydrogen-bond donors (Lipinski definition) is 1. The minimum atomic E-state index is -0.0805. The number of ether oxygens (including phenoxy) is 1. The zero-order valence-corrected chi connectivity index (χ0v) is 11.1. The molecule has 2 rings (SSSR count). The SMILES string of the molecule is CC1CCCC1NC(=O)COc1ccc(C#N)cc1. The third-order valence-electron chi connectivity index (χ3n) is 3.56. The molecule has 0 radical (unpaired) electrons. The van der Waals surface area contributed by atoms with Gasteiger partial charge >= 0.3 is 0 Å². The lowest BCUT2D eigenvalue weighted by Crippen LogP contribution is -2.39. The Morgan fingerprint density at radius 2 is 2.16 bits per heavy atom. The van der Waals surface area contributed by atoms with Crippen molar-refractivity contribution in [2.45, 2.75) is 32.2 Å². The molecule has 1 amide bonds. The van der Waals surface area contributed by atoms with Gasteiger partial charge in [0.15, 0.2) is 6.61 Å². The van der Waals surface area contributed by atoms with Gasteiger partial charge in [-0.25, -0.2) is 0 Å². The summed E-state index contributed by atoms with van der Waals surface area (Å²) in [6.45, 7) is 2.19. The fourth-order valence-corrected chi connectivity index (χ4v) is 2.38. The van der Waals surface area contributed by atoms with Gasteiger partial charge in [0, 0.05) is 6.04 Å². The quantitative estimate of drug-likeness (QED) is 0.901. The van der Waals surface area contributed by atoms with Gasteiger partial charge < -0.3 is 10.1 Å². The van der Waals surface area contributed by atoms with E-state index in [1.165, 1.54) is 12.8 Å². The van der Waals surface area contributed by atoms with Crippen LogP contribution in [-0.4, -0.2) is 18.6 Å². The monoisotopic (exact) mass is 258 g/mol. The van der Waals surface area contributed by atoms with Crippen LogP contribution in [0.3, 0.4) is 0 Å². The Bertz CT molecular complexity index is 476. The van der Waals surface area contributed by atoms with Crippen LogP contribution in [0.4, 0.5) is 0 Å². The molecule has 0 heterocycles. The number of nitrogens with zero attached hydrogens (tertiary/aromatic N) is 1. The molecular formula is C15H18N2O2. The van der Waals surface area contributed by atoms with Crippen molar-refractivity contribution < 1.29 is 9.53 Å². The molecule has 0 bridgehead atoms. The van der Waals surface area contributed by atoms with Gasteiger partial charge in [-0.3, -0.25) is 4.79 Å². The van der Waals surface area contributed by atoms with Gasteiger partial charge in [-0.2, -0.15) is 5.26 Å². The second kappa shape index (κ2) is 6.24. The number of carbonyl (C=O) groups excluding carboxylic acids is 1. The molecule has 100 valence electrons. The average Bonchev–Trinajstić information content (AvgIpc) is 2.82. The van der Waals surface area contributed by atoms with Crippen molar-refractivity contribution in [3.63, 3.8) is 0 Å². The van der Waals surface area contributed by atoms with Gasteiger partial charge in [-0.15, -0.1) is 0 Å². The van der Waals surface area contributed by atoms with Crippen molar-refractivity contribution >= 4 is 5.91 Å². The molecule has 0 aromatic heterocycles. The molecule has 1 aliphatic rings. The lowest BCUT2D eigenvalue weighted by molar-refractivity contribution is -0.124. The summed E-state index contributed by atoms with van der Waals surface area (Å²) >= 11 is 0. The van der Waals surface area contributed by atoms with Gasteiger partial charge in [-0.05, 0) is 43.0 Å². The second-order valence-electron chi connectivity index (χ2n) is 5.01. The van der Waals surface area contributed by atoms with E-state index in [2.05, 4.69) is 12.2 Å². The van der Waals surface area contributed by atoms with Crippen LogP contribution in [0.15, 0.2) is 24.3 Å². The maximum Gasteiger partial charge on any atom is 0.258 e. The predicted octanol–water partition coefficient (Wildman–Crippen LogP) is 2.24. The molecule has 19 heavy (non-hydrogen) atoms. The molecular weight excluding hydrogens is 240 g/mol. The van der Waals surface area contributed by atoms with Crippen LogP contribution in [-0.2, 0) is 4.79 Å². The molecule has 4 nitrogen and oxygen atoms in total. The van der Waals surface area contributed by atoms with Crippen LogP contribution < -0.4 is 10.1 Å². The molecule has 1 aliphatic carbocycles. The predicted molar refractivity (Wildman–Crippen MR) is 71.6 cm³/mol. The maximum absolute atomic E-state index is 11.8. The van der Waals surface area contributed by atoms with E-state index in [4.69, 9.17) is 10.00 Å². The zero-order valence-electron chi connectivity index (χ0n) is 11.1. The normalized spacial score (nSPS) is 21.7. The van der Waals surface area contributed by atoms with Crippen molar-refractivity contribution in [1.82, 2.24) is 5.32 Å². The van der Waals surface area contributed by atoms with Crippen LogP contribution in [0, 0.1) is 17.2 Å². The van der Waals surface area contributed by atoms with E-state index in [9.17, 15) is 4.79 Å². The van der Waals surface area contributed by atoms with Crippen molar-refractivity contribution in [3.8, 4) is 11.8 Å². The third kappa shape index (κ3) is 3.72. The van der Waals surface area contributed by atoms with Crippen LogP contribution in [0.2, 0.25) is 0 Å². The maximum atomic E-state index is 11.8. The highest BCUT2D eigenvalue weighted by atomic mass is 16.5.